The topological polar surface area (TPSA) is 18.5 Å². The van der Waals surface area contributed by atoms with E-state index < -0.39 is 7.92 Å². The fourth-order valence-electron chi connectivity index (χ4n) is 4.48. The van der Waals surface area contributed by atoms with Crippen LogP contribution in [0, 0.1) is 6.92 Å². The van der Waals surface area contributed by atoms with Gasteiger partial charge in [-0.3, -0.25) is 0 Å². The third-order valence-corrected chi connectivity index (χ3v) is 10.6. The second-order valence-corrected chi connectivity index (χ2v) is 15.5. The molecule has 2 aromatic rings. The van der Waals surface area contributed by atoms with Crippen LogP contribution < -0.4 is 25.4 Å². The number of rotatable bonds is 6. The molecule has 0 fully saturated rings. The van der Waals surface area contributed by atoms with Gasteiger partial charge in [0.1, 0.15) is 11.5 Å². The van der Waals surface area contributed by atoms with Gasteiger partial charge in [-0.15, -0.1) is 0 Å². The SMILES string of the molecule is COc1ccc(OC)c(P(C(C)(C)C)C(C)(C)C)c1-c1c(PC)cc(C)cc1PC. The maximum atomic E-state index is 6.01. The van der Waals surface area contributed by atoms with Gasteiger partial charge in [-0.05, 0) is 58.9 Å². The molecule has 0 bridgehead atoms. The average molecular weight is 465 g/mol. The zero-order valence-corrected chi connectivity index (χ0v) is 23.5. The second-order valence-electron chi connectivity index (χ2n) is 9.61. The molecule has 0 radical (unpaired) electrons. The molecule has 2 aromatic carbocycles. The van der Waals surface area contributed by atoms with Crippen molar-refractivity contribution in [3.8, 4) is 22.6 Å². The van der Waals surface area contributed by atoms with Gasteiger partial charge in [0.25, 0.3) is 0 Å². The smallest absolute Gasteiger partial charge is 0.127 e. The largest absolute Gasteiger partial charge is 0.496 e. The van der Waals surface area contributed by atoms with Crippen molar-refractivity contribution in [2.24, 2.45) is 0 Å². The Morgan fingerprint density at radius 1 is 0.733 bits per heavy atom. The van der Waals surface area contributed by atoms with E-state index in [0.717, 1.165) is 28.7 Å². The zero-order chi connectivity index (χ0) is 22.9. The van der Waals surface area contributed by atoms with Crippen LogP contribution in [0.1, 0.15) is 47.1 Å². The summed E-state index contributed by atoms with van der Waals surface area (Å²) in [5, 5.41) is 4.43. The zero-order valence-electron chi connectivity index (χ0n) is 20.6. The van der Waals surface area contributed by atoms with E-state index >= 15 is 0 Å². The van der Waals surface area contributed by atoms with Crippen molar-refractivity contribution in [1.29, 1.82) is 0 Å². The maximum absolute atomic E-state index is 6.01. The minimum Gasteiger partial charge on any atom is -0.496 e. The molecule has 30 heavy (non-hydrogen) atoms. The Morgan fingerprint density at radius 3 is 1.53 bits per heavy atom. The number of hydrogen-bond acceptors (Lipinski definition) is 2. The van der Waals surface area contributed by atoms with E-state index in [4.69, 9.17) is 9.47 Å². The van der Waals surface area contributed by atoms with Gasteiger partial charge in [-0.2, -0.15) is 0 Å². The summed E-state index contributed by atoms with van der Waals surface area (Å²) < 4.78 is 12.0. The molecule has 2 rings (SSSR count). The molecule has 0 saturated carbocycles. The summed E-state index contributed by atoms with van der Waals surface area (Å²) in [6, 6.07) is 8.90. The molecule has 166 valence electrons. The highest BCUT2D eigenvalue weighted by Gasteiger charge is 2.40. The van der Waals surface area contributed by atoms with Gasteiger partial charge in [0.05, 0.1) is 14.2 Å². The Balaban J connectivity index is 3.12. The van der Waals surface area contributed by atoms with Gasteiger partial charge in [-0.1, -0.05) is 78.8 Å². The van der Waals surface area contributed by atoms with Crippen LogP contribution in [0.3, 0.4) is 0 Å². The third-order valence-electron chi connectivity index (χ3n) is 5.18. The summed E-state index contributed by atoms with van der Waals surface area (Å²) in [4.78, 5) is 0. The van der Waals surface area contributed by atoms with Gasteiger partial charge < -0.3 is 9.47 Å². The lowest BCUT2D eigenvalue weighted by Crippen LogP contribution is -2.33. The van der Waals surface area contributed by atoms with Crippen molar-refractivity contribution >= 4 is 41.0 Å². The second kappa shape index (κ2) is 9.86. The Labute approximate surface area is 189 Å². The molecular weight excluding hydrogens is 425 g/mol. The molecule has 0 spiro atoms. The lowest BCUT2D eigenvalue weighted by molar-refractivity contribution is 0.407. The molecular formula is C25H39O2P3. The van der Waals surface area contributed by atoms with Crippen molar-refractivity contribution in [1.82, 2.24) is 0 Å². The number of ether oxygens (including phenoxy) is 2. The van der Waals surface area contributed by atoms with Crippen molar-refractivity contribution in [2.75, 3.05) is 27.5 Å². The number of aryl methyl sites for hydroxylation is 1. The Morgan fingerprint density at radius 2 is 1.17 bits per heavy atom. The van der Waals surface area contributed by atoms with E-state index in [1.165, 1.54) is 32.6 Å². The first-order valence-electron chi connectivity index (χ1n) is 10.5. The van der Waals surface area contributed by atoms with Crippen LogP contribution in [0.15, 0.2) is 24.3 Å². The van der Waals surface area contributed by atoms with Gasteiger partial charge >= 0.3 is 0 Å². The minimum absolute atomic E-state index is 0.121. The molecule has 2 atom stereocenters. The van der Waals surface area contributed by atoms with Crippen LogP contribution in [0.5, 0.6) is 11.5 Å². The summed E-state index contributed by atoms with van der Waals surface area (Å²) in [5.74, 6) is 1.94. The van der Waals surface area contributed by atoms with E-state index in [1.54, 1.807) is 14.2 Å². The van der Waals surface area contributed by atoms with Crippen LogP contribution >= 0.6 is 25.1 Å². The highest BCUT2D eigenvalue weighted by atomic mass is 31.1. The number of hydrogen-bond donors (Lipinski definition) is 0. The van der Waals surface area contributed by atoms with Gasteiger partial charge in [0.15, 0.2) is 0 Å². The summed E-state index contributed by atoms with van der Waals surface area (Å²) >= 11 is 0. The Hall–Kier alpha value is -0.670. The molecule has 0 saturated heterocycles. The summed E-state index contributed by atoms with van der Waals surface area (Å²) in [6.45, 7) is 21.0. The van der Waals surface area contributed by atoms with Crippen LogP contribution in [-0.2, 0) is 0 Å². The van der Waals surface area contributed by atoms with Gasteiger partial charge in [-0.25, -0.2) is 0 Å². The highest BCUT2D eigenvalue weighted by molar-refractivity contribution is 7.69. The third kappa shape index (κ3) is 5.21. The predicted molar refractivity (Wildman–Crippen MR) is 144 cm³/mol. The van der Waals surface area contributed by atoms with E-state index in [0.29, 0.717) is 0 Å². The monoisotopic (exact) mass is 464 g/mol. The fourth-order valence-corrected chi connectivity index (χ4v) is 10.6. The van der Waals surface area contributed by atoms with Gasteiger partial charge in [0.2, 0.25) is 0 Å². The summed E-state index contributed by atoms with van der Waals surface area (Å²) in [5.41, 5.74) is 3.96. The normalized spacial score (nSPS) is 13.2. The van der Waals surface area contributed by atoms with E-state index in [2.05, 4.69) is 86.1 Å². The molecule has 0 aliphatic carbocycles. The standard InChI is InChI=1S/C25H39O2P3/c1-16-14-19(28-10)22(20(15-16)29-11)21-17(26-8)12-13-18(27-9)23(21)30(24(2,3)4)25(5,6)7/h12-15,28-29H,1-11H3. The molecule has 0 amide bonds. The first-order chi connectivity index (χ1) is 13.9. The first kappa shape index (κ1) is 25.6. The lowest BCUT2D eigenvalue weighted by atomic mass is 10.0. The molecule has 2 nitrogen and oxygen atoms in total. The van der Waals surface area contributed by atoms with Crippen LogP contribution in [0.2, 0.25) is 0 Å². The molecule has 0 aromatic heterocycles. The highest BCUT2D eigenvalue weighted by Crippen LogP contribution is 2.61. The average Bonchev–Trinajstić information content (AvgIpc) is 2.64. The summed E-state index contributed by atoms with van der Waals surface area (Å²) in [7, 11) is 4.47. The van der Waals surface area contributed by atoms with Crippen LogP contribution in [0.4, 0.5) is 0 Å². The molecule has 0 heterocycles. The van der Waals surface area contributed by atoms with E-state index in [-0.39, 0.29) is 10.3 Å². The van der Waals surface area contributed by atoms with Crippen molar-refractivity contribution in [3.05, 3.63) is 29.8 Å². The van der Waals surface area contributed by atoms with Crippen molar-refractivity contribution < 1.29 is 9.47 Å². The first-order valence-corrected chi connectivity index (χ1v) is 14.8. The predicted octanol–water partition coefficient (Wildman–Crippen LogP) is 6.25. The molecule has 0 aliphatic heterocycles. The summed E-state index contributed by atoms with van der Waals surface area (Å²) in [6.07, 6.45) is 0. The van der Waals surface area contributed by atoms with E-state index in [1.807, 2.05) is 0 Å². The Kier molecular flexibility index (Phi) is 8.41. The molecule has 5 heteroatoms. The quantitative estimate of drug-likeness (QED) is 0.471. The van der Waals surface area contributed by atoms with Crippen LogP contribution in [0.25, 0.3) is 11.1 Å². The minimum atomic E-state index is -0.572. The van der Waals surface area contributed by atoms with Crippen molar-refractivity contribution in [3.63, 3.8) is 0 Å². The molecule has 0 N–H and O–H groups in total. The number of methoxy groups -OCH3 is 2. The molecule has 2 unspecified atom stereocenters. The maximum Gasteiger partial charge on any atom is 0.127 e. The van der Waals surface area contributed by atoms with E-state index in [9.17, 15) is 0 Å². The van der Waals surface area contributed by atoms with Crippen LogP contribution in [-0.4, -0.2) is 37.9 Å². The Bertz CT molecular complexity index is 853. The molecule has 0 aliphatic rings. The van der Waals surface area contributed by atoms with Crippen molar-refractivity contribution in [2.45, 2.75) is 58.8 Å². The fraction of sp³-hybridized carbons (Fsp3) is 0.520. The van der Waals surface area contributed by atoms with Gasteiger partial charge in [0, 0.05) is 16.4 Å². The number of benzene rings is 2. The lowest BCUT2D eigenvalue weighted by Gasteiger charge is -2.43.